The van der Waals surface area contributed by atoms with Gasteiger partial charge in [0.05, 0.1) is 7.11 Å². The molecule has 1 atom stereocenters. The van der Waals surface area contributed by atoms with Crippen molar-refractivity contribution in [1.82, 2.24) is 5.32 Å². The Morgan fingerprint density at radius 1 is 1.42 bits per heavy atom. The Kier molecular flexibility index (Phi) is 20.1. The Labute approximate surface area is 160 Å². The van der Waals surface area contributed by atoms with Gasteiger partial charge in [0, 0.05) is 18.1 Å². The van der Waals surface area contributed by atoms with Crippen molar-refractivity contribution in [2.24, 2.45) is 5.73 Å². The zero-order valence-corrected chi connectivity index (χ0v) is 16.8. The summed E-state index contributed by atoms with van der Waals surface area (Å²) in [5, 5.41) is 2.92. The maximum Gasteiger partial charge on any atom is 0.323 e. The molecule has 8 heteroatoms. The number of aldehydes is 1. The number of rotatable bonds is 10. The van der Waals surface area contributed by atoms with Gasteiger partial charge < -0.3 is 25.3 Å². The number of halogens is 1. The van der Waals surface area contributed by atoms with Crippen LogP contribution in [0.4, 0.5) is 4.39 Å². The number of nitrogens with one attached hydrogen (secondary N) is 1. The number of benzene rings is 1. The van der Waals surface area contributed by atoms with Crippen molar-refractivity contribution in [3.8, 4) is 5.75 Å². The van der Waals surface area contributed by atoms with Crippen LogP contribution < -0.4 is 15.8 Å². The number of methoxy groups -OCH3 is 1. The first-order valence-electron chi connectivity index (χ1n) is 8.37. The van der Waals surface area contributed by atoms with Crippen LogP contribution in [0, 0.1) is 0 Å². The molecule has 0 saturated heterocycles. The lowest BCUT2D eigenvalue weighted by molar-refractivity contribution is -0.142. The van der Waals surface area contributed by atoms with Crippen LogP contribution in [-0.2, 0) is 20.1 Å². The summed E-state index contributed by atoms with van der Waals surface area (Å²) in [5.74, 6) is 1.78. The summed E-state index contributed by atoms with van der Waals surface area (Å²) in [6.07, 6.45) is 0.653. The van der Waals surface area contributed by atoms with Crippen LogP contribution in [0.15, 0.2) is 24.3 Å². The van der Waals surface area contributed by atoms with E-state index in [2.05, 4.69) is 11.1 Å². The molecule has 0 heterocycles. The predicted octanol–water partition coefficient (Wildman–Crippen LogP) is 2.20. The van der Waals surface area contributed by atoms with Gasteiger partial charge in [0.25, 0.3) is 0 Å². The number of hydrogen-bond donors (Lipinski definition) is 2. The van der Waals surface area contributed by atoms with Gasteiger partial charge in [-0.25, -0.2) is 4.39 Å². The fourth-order valence-electron chi connectivity index (χ4n) is 1.59. The quantitative estimate of drug-likeness (QED) is 0.467. The zero-order valence-electron chi connectivity index (χ0n) is 16.0. The molecule has 0 aliphatic carbocycles. The number of ether oxygens (including phenoxy) is 2. The Morgan fingerprint density at radius 2 is 2.08 bits per heavy atom. The van der Waals surface area contributed by atoms with Crippen LogP contribution in [0.25, 0.3) is 0 Å². The van der Waals surface area contributed by atoms with E-state index in [0.717, 1.165) is 11.3 Å². The lowest BCUT2D eigenvalue weighted by Gasteiger charge is -2.13. The van der Waals surface area contributed by atoms with Crippen LogP contribution in [0.2, 0.25) is 0 Å². The van der Waals surface area contributed by atoms with E-state index < -0.39 is 6.67 Å². The Morgan fingerprint density at radius 3 is 2.58 bits per heavy atom. The van der Waals surface area contributed by atoms with Gasteiger partial charge in [-0.2, -0.15) is 11.8 Å². The molecule has 1 rings (SSSR count). The lowest BCUT2D eigenvalue weighted by atomic mass is 10.2. The average Bonchev–Trinajstić information content (AvgIpc) is 2.71. The molecule has 150 valence electrons. The molecule has 0 amide bonds. The summed E-state index contributed by atoms with van der Waals surface area (Å²) in [5.41, 5.74) is 5.73. The highest BCUT2D eigenvalue weighted by atomic mass is 32.2. The summed E-state index contributed by atoms with van der Waals surface area (Å²) in [6, 6.07) is 7.22. The van der Waals surface area contributed by atoms with Crippen molar-refractivity contribution >= 4 is 24.0 Å². The molecule has 0 bridgehead atoms. The number of alkyl halides is 1. The summed E-state index contributed by atoms with van der Waals surface area (Å²) in [7, 11) is 3.11. The topological polar surface area (TPSA) is 90.7 Å². The van der Waals surface area contributed by atoms with Crippen LogP contribution in [0.5, 0.6) is 5.75 Å². The molecule has 0 spiro atoms. The highest BCUT2D eigenvalue weighted by Gasteiger charge is 2.16. The van der Waals surface area contributed by atoms with E-state index in [1.807, 2.05) is 32.0 Å². The zero-order chi connectivity index (χ0) is 20.2. The molecule has 26 heavy (non-hydrogen) atoms. The van der Waals surface area contributed by atoms with Crippen LogP contribution in [0.3, 0.4) is 0 Å². The summed E-state index contributed by atoms with van der Waals surface area (Å²) in [6.45, 7) is 3.71. The smallest absolute Gasteiger partial charge is 0.323 e. The SMILES string of the molecule is CC.CNC(CSCc1cccc(OCCF)c1)C(=O)OC.NCC=O. The minimum atomic E-state index is -0.498. The van der Waals surface area contributed by atoms with Crippen LogP contribution in [0.1, 0.15) is 19.4 Å². The summed E-state index contributed by atoms with van der Waals surface area (Å²) in [4.78, 5) is 20.5. The number of esters is 1. The average molecular weight is 391 g/mol. The molecule has 1 aromatic carbocycles. The van der Waals surface area contributed by atoms with Crippen LogP contribution in [-0.4, -0.2) is 58.0 Å². The van der Waals surface area contributed by atoms with Crippen molar-refractivity contribution in [3.63, 3.8) is 0 Å². The van der Waals surface area contributed by atoms with E-state index in [0.29, 0.717) is 17.8 Å². The molecule has 0 aliphatic rings. The second-order valence-electron chi connectivity index (χ2n) is 4.47. The number of likely N-dealkylation sites (N-methyl/N-ethyl adjacent to an activating group) is 1. The third-order valence-electron chi connectivity index (χ3n) is 2.73. The number of carbonyl (C=O) groups excluding carboxylic acids is 2. The molecule has 0 fully saturated rings. The van der Waals surface area contributed by atoms with Gasteiger partial charge >= 0.3 is 5.97 Å². The fraction of sp³-hybridized carbons (Fsp3) is 0.556. The Bertz CT molecular complexity index is 478. The van der Waals surface area contributed by atoms with E-state index >= 15 is 0 Å². The van der Waals surface area contributed by atoms with Gasteiger partial charge in [0.1, 0.15) is 31.4 Å². The first kappa shape index (κ1) is 26.6. The summed E-state index contributed by atoms with van der Waals surface area (Å²) >= 11 is 1.62. The van der Waals surface area contributed by atoms with Crippen molar-refractivity contribution in [2.45, 2.75) is 25.6 Å². The minimum Gasteiger partial charge on any atom is -0.491 e. The maximum absolute atomic E-state index is 12.0. The lowest BCUT2D eigenvalue weighted by Crippen LogP contribution is -2.37. The monoisotopic (exact) mass is 390 g/mol. The van der Waals surface area contributed by atoms with E-state index in [-0.39, 0.29) is 25.2 Å². The van der Waals surface area contributed by atoms with Gasteiger partial charge in [-0.3, -0.25) is 4.79 Å². The van der Waals surface area contributed by atoms with Crippen molar-refractivity contribution in [3.05, 3.63) is 29.8 Å². The third kappa shape index (κ3) is 13.6. The molecule has 6 nitrogen and oxygen atoms in total. The molecular weight excluding hydrogens is 359 g/mol. The molecule has 0 aromatic heterocycles. The first-order valence-corrected chi connectivity index (χ1v) is 9.52. The molecule has 1 unspecified atom stereocenters. The highest BCUT2D eigenvalue weighted by Crippen LogP contribution is 2.19. The summed E-state index contributed by atoms with van der Waals surface area (Å²) < 4.78 is 22.0. The van der Waals surface area contributed by atoms with E-state index in [1.54, 1.807) is 24.9 Å². The molecule has 1 aromatic rings. The second kappa shape index (κ2) is 19.7. The van der Waals surface area contributed by atoms with Gasteiger partial charge in [0.2, 0.25) is 0 Å². The predicted molar refractivity (Wildman–Crippen MR) is 105 cm³/mol. The van der Waals surface area contributed by atoms with Gasteiger partial charge in [-0.05, 0) is 24.7 Å². The van der Waals surface area contributed by atoms with E-state index in [4.69, 9.17) is 14.3 Å². The van der Waals surface area contributed by atoms with Gasteiger partial charge in [0.15, 0.2) is 0 Å². The first-order chi connectivity index (χ1) is 12.6. The van der Waals surface area contributed by atoms with E-state index in [1.165, 1.54) is 7.11 Å². The molecule has 0 aliphatic heterocycles. The Hall–Kier alpha value is -1.64. The van der Waals surface area contributed by atoms with E-state index in [9.17, 15) is 9.18 Å². The number of carbonyl (C=O) groups is 2. The standard InChI is InChI=1S/C14H20FNO3S.C2H5NO.C2H6/c1-16-13(14(17)18-2)10-20-9-11-4-3-5-12(8-11)19-7-6-15;3-1-2-4;1-2/h3-5,8,13,16H,6-7,9-10H2,1-2H3;2H,1,3H2;1-2H3. The molecule has 0 radical (unpaired) electrons. The number of thioether (sulfide) groups is 1. The second-order valence-corrected chi connectivity index (χ2v) is 5.50. The van der Waals surface area contributed by atoms with Crippen LogP contribution >= 0.6 is 11.8 Å². The normalized spacial score (nSPS) is 10.4. The third-order valence-corrected chi connectivity index (χ3v) is 3.83. The van der Waals surface area contributed by atoms with Crippen molar-refractivity contribution < 1.29 is 23.5 Å². The Balaban J connectivity index is 0. The highest BCUT2D eigenvalue weighted by molar-refractivity contribution is 7.98. The maximum atomic E-state index is 12.0. The minimum absolute atomic E-state index is 0.0702. The van der Waals surface area contributed by atoms with Gasteiger partial charge in [-0.15, -0.1) is 0 Å². The van der Waals surface area contributed by atoms with Crippen molar-refractivity contribution in [2.75, 3.05) is 39.7 Å². The largest absolute Gasteiger partial charge is 0.491 e. The number of hydrogen-bond acceptors (Lipinski definition) is 7. The molecular formula is C18H31FN2O4S. The van der Waals surface area contributed by atoms with Gasteiger partial charge in [-0.1, -0.05) is 26.0 Å². The molecule has 0 saturated carbocycles. The fourth-order valence-corrected chi connectivity index (χ4v) is 2.66. The molecule has 3 N–H and O–H groups in total. The number of nitrogens with two attached hydrogens (primary N) is 1. The van der Waals surface area contributed by atoms with Crippen molar-refractivity contribution in [1.29, 1.82) is 0 Å².